The molecule has 0 spiro atoms. The van der Waals surface area contributed by atoms with E-state index < -0.39 is 21.5 Å². The Kier molecular flexibility index (Phi) is 6.65. The van der Waals surface area contributed by atoms with Gasteiger partial charge in [0.15, 0.2) is 5.65 Å². The first-order chi connectivity index (χ1) is 16.5. The van der Waals surface area contributed by atoms with Gasteiger partial charge in [-0.15, -0.1) is 0 Å². The standard InChI is InChI=1S/C24H24ClN5O4S/c1-15-11-21(16-7-9-17(25)10-8-16)28-22-20(13-26-30(15)22)23(32)27-18-5-4-6-19(12-18)35(33,34)29-24(2,3)14-31/h4-13,29,31H,14H2,1-3H3,(H,27,32). The summed E-state index contributed by atoms with van der Waals surface area (Å²) in [6.45, 7) is 4.61. The van der Waals surface area contributed by atoms with Crippen molar-refractivity contribution in [3.63, 3.8) is 0 Å². The maximum Gasteiger partial charge on any atom is 0.261 e. The van der Waals surface area contributed by atoms with Crippen molar-refractivity contribution in [1.29, 1.82) is 0 Å². The number of amides is 1. The fourth-order valence-electron chi connectivity index (χ4n) is 3.44. The second-order valence-electron chi connectivity index (χ2n) is 8.71. The number of aliphatic hydroxyl groups excluding tert-OH is 1. The number of nitrogens with one attached hydrogen (secondary N) is 2. The van der Waals surface area contributed by atoms with Gasteiger partial charge in [0, 0.05) is 22.0 Å². The first-order valence-electron chi connectivity index (χ1n) is 10.7. The Balaban J connectivity index is 1.64. The molecule has 182 valence electrons. The van der Waals surface area contributed by atoms with Gasteiger partial charge in [-0.2, -0.15) is 5.10 Å². The van der Waals surface area contributed by atoms with Crippen LogP contribution in [0.15, 0.2) is 65.7 Å². The summed E-state index contributed by atoms with van der Waals surface area (Å²) in [4.78, 5) is 17.7. The minimum atomic E-state index is -3.92. The number of hydrogen-bond acceptors (Lipinski definition) is 6. The van der Waals surface area contributed by atoms with E-state index in [-0.39, 0.29) is 22.8 Å². The van der Waals surface area contributed by atoms with E-state index in [0.717, 1.165) is 11.3 Å². The highest BCUT2D eigenvalue weighted by Gasteiger charge is 2.26. The van der Waals surface area contributed by atoms with Gasteiger partial charge in [0.2, 0.25) is 10.0 Å². The van der Waals surface area contributed by atoms with Crippen molar-refractivity contribution in [3.05, 3.63) is 77.1 Å². The first kappa shape index (κ1) is 24.8. The van der Waals surface area contributed by atoms with Crippen molar-refractivity contribution in [2.45, 2.75) is 31.2 Å². The number of carbonyl (C=O) groups is 1. The molecule has 1 amide bonds. The SMILES string of the molecule is Cc1cc(-c2ccc(Cl)cc2)nc2c(C(=O)Nc3cccc(S(=O)(=O)NC(C)(C)CO)c3)cnn12. The summed E-state index contributed by atoms with van der Waals surface area (Å²) in [7, 11) is -3.92. The second kappa shape index (κ2) is 9.38. The van der Waals surface area contributed by atoms with Crippen LogP contribution in [0.25, 0.3) is 16.9 Å². The summed E-state index contributed by atoms with van der Waals surface area (Å²) in [5.41, 5.74) is 2.12. The molecule has 0 atom stereocenters. The third-order valence-corrected chi connectivity index (χ3v) is 7.19. The molecular formula is C24H24ClN5O4S. The highest BCUT2D eigenvalue weighted by Crippen LogP contribution is 2.24. The van der Waals surface area contributed by atoms with Gasteiger partial charge in [-0.05, 0) is 57.2 Å². The van der Waals surface area contributed by atoms with Gasteiger partial charge in [-0.1, -0.05) is 29.8 Å². The number of aliphatic hydroxyl groups is 1. The zero-order chi connectivity index (χ0) is 25.4. The molecule has 0 fully saturated rings. The Labute approximate surface area is 207 Å². The van der Waals surface area contributed by atoms with Crippen molar-refractivity contribution in [1.82, 2.24) is 19.3 Å². The van der Waals surface area contributed by atoms with Gasteiger partial charge in [-0.25, -0.2) is 22.6 Å². The molecule has 35 heavy (non-hydrogen) atoms. The molecule has 0 aliphatic carbocycles. The molecule has 2 aromatic heterocycles. The van der Waals surface area contributed by atoms with E-state index in [1.165, 1.54) is 24.4 Å². The number of benzene rings is 2. The number of fused-ring (bicyclic) bond motifs is 1. The van der Waals surface area contributed by atoms with Crippen LogP contribution < -0.4 is 10.0 Å². The number of nitrogens with zero attached hydrogens (tertiary/aromatic N) is 3. The van der Waals surface area contributed by atoms with E-state index in [1.54, 1.807) is 36.6 Å². The van der Waals surface area contributed by atoms with Crippen molar-refractivity contribution in [3.8, 4) is 11.3 Å². The molecule has 0 unspecified atom stereocenters. The molecule has 0 aliphatic rings. The van der Waals surface area contributed by atoms with Gasteiger partial charge in [-0.3, -0.25) is 4.79 Å². The minimum Gasteiger partial charge on any atom is -0.394 e. The molecule has 9 nitrogen and oxygen atoms in total. The van der Waals surface area contributed by atoms with Crippen LogP contribution in [0.1, 0.15) is 29.9 Å². The lowest BCUT2D eigenvalue weighted by atomic mass is 10.1. The van der Waals surface area contributed by atoms with Gasteiger partial charge >= 0.3 is 0 Å². The molecule has 0 saturated heterocycles. The first-order valence-corrected chi connectivity index (χ1v) is 12.5. The van der Waals surface area contributed by atoms with E-state index in [1.807, 2.05) is 25.1 Å². The summed E-state index contributed by atoms with van der Waals surface area (Å²) >= 11 is 5.99. The molecule has 4 aromatic rings. The summed E-state index contributed by atoms with van der Waals surface area (Å²) in [5.74, 6) is -0.488. The molecule has 2 aromatic carbocycles. The lowest BCUT2D eigenvalue weighted by Crippen LogP contribution is -2.46. The Morgan fingerprint density at radius 1 is 1.14 bits per heavy atom. The molecule has 0 aliphatic heterocycles. The van der Waals surface area contributed by atoms with Crippen LogP contribution in [-0.4, -0.2) is 46.2 Å². The number of carbonyl (C=O) groups excluding carboxylic acids is 1. The van der Waals surface area contributed by atoms with E-state index in [2.05, 4.69) is 20.1 Å². The quantitative estimate of drug-likeness (QED) is 0.346. The maximum absolute atomic E-state index is 13.1. The number of rotatable bonds is 7. The monoisotopic (exact) mass is 513 g/mol. The number of halogens is 1. The van der Waals surface area contributed by atoms with E-state index in [9.17, 15) is 18.3 Å². The van der Waals surface area contributed by atoms with Crippen LogP contribution in [0.2, 0.25) is 5.02 Å². The van der Waals surface area contributed by atoms with Gasteiger partial charge in [0.05, 0.1) is 28.9 Å². The molecule has 0 bridgehead atoms. The molecule has 0 saturated carbocycles. The Hall–Kier alpha value is -3.31. The highest BCUT2D eigenvalue weighted by molar-refractivity contribution is 7.89. The molecule has 4 rings (SSSR count). The van der Waals surface area contributed by atoms with Crippen LogP contribution >= 0.6 is 11.6 Å². The van der Waals surface area contributed by atoms with Gasteiger partial charge in [0.1, 0.15) is 5.56 Å². The molecular weight excluding hydrogens is 490 g/mol. The van der Waals surface area contributed by atoms with Crippen molar-refractivity contribution >= 4 is 38.9 Å². The van der Waals surface area contributed by atoms with Crippen LogP contribution in [0.3, 0.4) is 0 Å². The summed E-state index contributed by atoms with van der Waals surface area (Å²) in [5, 5.41) is 17.0. The normalized spacial score (nSPS) is 12.1. The smallest absolute Gasteiger partial charge is 0.261 e. The summed E-state index contributed by atoms with van der Waals surface area (Å²) in [6, 6.07) is 14.9. The minimum absolute atomic E-state index is 0.0457. The number of aryl methyl sites for hydroxylation is 1. The number of anilines is 1. The van der Waals surface area contributed by atoms with Crippen LogP contribution in [-0.2, 0) is 10.0 Å². The second-order valence-corrected chi connectivity index (χ2v) is 10.8. The lowest BCUT2D eigenvalue weighted by molar-refractivity contribution is 0.102. The number of sulfonamides is 1. The topological polar surface area (TPSA) is 126 Å². The molecule has 0 radical (unpaired) electrons. The third-order valence-electron chi connectivity index (χ3n) is 5.24. The Morgan fingerprint density at radius 3 is 2.54 bits per heavy atom. The summed E-state index contributed by atoms with van der Waals surface area (Å²) in [6.07, 6.45) is 1.42. The fraction of sp³-hybridized carbons (Fsp3) is 0.208. The lowest BCUT2D eigenvalue weighted by Gasteiger charge is -2.23. The van der Waals surface area contributed by atoms with Crippen molar-refractivity contribution < 1.29 is 18.3 Å². The van der Waals surface area contributed by atoms with E-state index in [0.29, 0.717) is 16.4 Å². The third kappa shape index (κ3) is 5.35. The molecule has 11 heteroatoms. The van der Waals surface area contributed by atoms with Crippen LogP contribution in [0.5, 0.6) is 0 Å². The van der Waals surface area contributed by atoms with Gasteiger partial charge in [0.25, 0.3) is 5.91 Å². The molecule has 3 N–H and O–H groups in total. The van der Waals surface area contributed by atoms with Crippen LogP contribution in [0.4, 0.5) is 5.69 Å². The average molecular weight is 514 g/mol. The fourth-order valence-corrected chi connectivity index (χ4v) is 5.01. The predicted octanol–water partition coefficient (Wildman–Crippen LogP) is 3.66. The Morgan fingerprint density at radius 2 is 1.86 bits per heavy atom. The number of hydrogen-bond donors (Lipinski definition) is 3. The summed E-state index contributed by atoms with van der Waals surface area (Å²) < 4.78 is 29.4. The highest BCUT2D eigenvalue weighted by atomic mass is 35.5. The molecule has 2 heterocycles. The number of aromatic nitrogens is 3. The van der Waals surface area contributed by atoms with Gasteiger partial charge < -0.3 is 10.4 Å². The van der Waals surface area contributed by atoms with Crippen LogP contribution in [0, 0.1) is 6.92 Å². The zero-order valence-corrected chi connectivity index (χ0v) is 20.9. The maximum atomic E-state index is 13.1. The predicted molar refractivity (Wildman–Crippen MR) is 134 cm³/mol. The van der Waals surface area contributed by atoms with E-state index in [4.69, 9.17) is 11.6 Å². The average Bonchev–Trinajstić information content (AvgIpc) is 3.24. The Bertz CT molecular complexity index is 1510. The zero-order valence-electron chi connectivity index (χ0n) is 19.3. The largest absolute Gasteiger partial charge is 0.394 e. The van der Waals surface area contributed by atoms with Crippen molar-refractivity contribution in [2.24, 2.45) is 0 Å². The van der Waals surface area contributed by atoms with E-state index >= 15 is 0 Å². The van der Waals surface area contributed by atoms with Crippen molar-refractivity contribution in [2.75, 3.05) is 11.9 Å².